The number of rotatable bonds is 7. The first-order valence-corrected chi connectivity index (χ1v) is 16.7. The van der Waals surface area contributed by atoms with E-state index in [4.69, 9.17) is 4.98 Å². The number of carbonyl (C=O) groups is 2. The van der Waals surface area contributed by atoms with Crippen molar-refractivity contribution in [3.63, 3.8) is 0 Å². The van der Waals surface area contributed by atoms with Gasteiger partial charge < -0.3 is 4.90 Å². The van der Waals surface area contributed by atoms with Crippen LogP contribution in [-0.4, -0.2) is 34.7 Å². The second-order valence-electron chi connectivity index (χ2n) is 12.5. The van der Waals surface area contributed by atoms with E-state index >= 15 is 0 Å². The molecule has 1 saturated heterocycles. The number of thiazole rings is 1. The minimum absolute atomic E-state index is 0.129. The maximum absolute atomic E-state index is 13.6. The summed E-state index contributed by atoms with van der Waals surface area (Å²) in [6, 6.07) is 9.27. The first-order valence-electron chi connectivity index (χ1n) is 15.9. The molecule has 0 radical (unpaired) electrons. The van der Waals surface area contributed by atoms with Gasteiger partial charge in [-0.2, -0.15) is 0 Å². The molecule has 1 unspecified atom stereocenters. The second kappa shape index (κ2) is 13.5. The Hall–Kier alpha value is -3.05. The number of aryl methyl sites for hydroxylation is 1. The Morgan fingerprint density at radius 3 is 2.38 bits per heavy atom. The smallest absolute Gasteiger partial charge is 0.219 e. The summed E-state index contributed by atoms with van der Waals surface area (Å²) in [5.74, 6) is 1.13. The van der Waals surface area contributed by atoms with Crippen LogP contribution in [0.25, 0.3) is 5.57 Å². The Bertz CT molecular complexity index is 1410. The summed E-state index contributed by atoms with van der Waals surface area (Å²) < 4.78 is 0. The molecule has 2 aromatic rings. The lowest BCUT2D eigenvalue weighted by atomic mass is 9.78. The van der Waals surface area contributed by atoms with Gasteiger partial charge in [-0.3, -0.25) is 9.59 Å². The number of nitrogens with zero attached hydrogens (tertiary/aromatic N) is 2. The predicted octanol–water partition coefficient (Wildman–Crippen LogP) is 8.89. The molecule has 1 saturated carbocycles. The summed E-state index contributed by atoms with van der Waals surface area (Å²) in [7, 11) is 0. The minimum Gasteiger partial charge on any atom is -0.343 e. The van der Waals surface area contributed by atoms with Crippen LogP contribution in [0.4, 0.5) is 0 Å². The molecule has 1 aliphatic heterocycles. The van der Waals surface area contributed by atoms with Gasteiger partial charge in [0.1, 0.15) is 0 Å². The first kappa shape index (κ1) is 30.4. The van der Waals surface area contributed by atoms with E-state index in [2.05, 4.69) is 63.8 Å². The lowest BCUT2D eigenvalue weighted by Gasteiger charge is -2.30. The lowest BCUT2D eigenvalue weighted by Crippen LogP contribution is -2.36. The van der Waals surface area contributed by atoms with Crippen molar-refractivity contribution in [1.29, 1.82) is 0 Å². The van der Waals surface area contributed by atoms with Crippen LogP contribution in [0.2, 0.25) is 0 Å². The average Bonchev–Trinajstić information content (AvgIpc) is 3.39. The molecule has 2 aliphatic carbocycles. The Kier molecular flexibility index (Phi) is 9.77. The fraction of sp³-hybridized carbons (Fsp3) is 0.486. The molecule has 0 spiro atoms. The topological polar surface area (TPSA) is 50.3 Å². The van der Waals surface area contributed by atoms with Crippen LogP contribution in [0.1, 0.15) is 111 Å². The van der Waals surface area contributed by atoms with Gasteiger partial charge in [-0.25, -0.2) is 4.98 Å². The quantitative estimate of drug-likeness (QED) is 0.328. The molecule has 1 amide bonds. The number of allylic oxidation sites excluding steroid dienone is 7. The van der Waals surface area contributed by atoms with E-state index in [1.807, 2.05) is 11.0 Å². The molecule has 1 atom stereocenters. The Balaban J connectivity index is 1.34. The highest BCUT2D eigenvalue weighted by atomic mass is 32.1. The second-order valence-corrected chi connectivity index (χ2v) is 13.8. The molecule has 1 aromatic carbocycles. The molecular formula is C37H46N2O2S. The van der Waals surface area contributed by atoms with Gasteiger partial charge >= 0.3 is 0 Å². The molecule has 2 fully saturated rings. The van der Waals surface area contributed by atoms with Crippen LogP contribution in [0.15, 0.2) is 65.8 Å². The van der Waals surface area contributed by atoms with E-state index in [0.29, 0.717) is 11.5 Å². The summed E-state index contributed by atoms with van der Waals surface area (Å²) in [5, 5.41) is 1.09. The van der Waals surface area contributed by atoms with Gasteiger partial charge in [-0.1, -0.05) is 74.8 Å². The molecule has 2 heterocycles. The first-order chi connectivity index (χ1) is 20.2. The zero-order valence-corrected chi connectivity index (χ0v) is 26.7. The zero-order valence-electron chi connectivity index (χ0n) is 25.9. The molecule has 0 bridgehead atoms. The third kappa shape index (κ3) is 6.78. The number of amides is 1. The van der Waals surface area contributed by atoms with Crippen molar-refractivity contribution in [2.24, 2.45) is 5.92 Å². The minimum atomic E-state index is -0.222. The van der Waals surface area contributed by atoms with Gasteiger partial charge in [0, 0.05) is 42.3 Å². The molecule has 42 heavy (non-hydrogen) atoms. The van der Waals surface area contributed by atoms with Gasteiger partial charge in [0.05, 0.1) is 10.7 Å². The number of carbonyl (C=O) groups excluding carboxylic acids is 2. The van der Waals surface area contributed by atoms with Crippen molar-refractivity contribution in [1.82, 2.24) is 9.88 Å². The van der Waals surface area contributed by atoms with Gasteiger partial charge in [0.2, 0.25) is 5.91 Å². The SMILES string of the molecule is C=C1/C(=C\C=C(/C)Cc2ccc(C3CCCCC3)cc2)C=C(c2nc(C3CCN(C(C)=O)CC3)sc2C)C(=O)C1CC. The van der Waals surface area contributed by atoms with E-state index in [9.17, 15) is 9.59 Å². The monoisotopic (exact) mass is 582 g/mol. The molecule has 0 N–H and O–H groups in total. The van der Waals surface area contributed by atoms with Gasteiger partial charge in [0.25, 0.3) is 0 Å². The molecular weight excluding hydrogens is 536 g/mol. The summed E-state index contributed by atoms with van der Waals surface area (Å²) in [4.78, 5) is 33.5. The fourth-order valence-corrected chi connectivity index (χ4v) is 7.98. The van der Waals surface area contributed by atoms with Crippen LogP contribution >= 0.6 is 11.3 Å². The van der Waals surface area contributed by atoms with E-state index in [-0.39, 0.29) is 17.6 Å². The number of hydrogen-bond acceptors (Lipinski definition) is 4. The summed E-state index contributed by atoms with van der Waals surface area (Å²) in [5.41, 5.74) is 7.57. The largest absolute Gasteiger partial charge is 0.343 e. The average molecular weight is 583 g/mol. The number of hydrogen-bond donors (Lipinski definition) is 0. The van der Waals surface area contributed by atoms with Crippen molar-refractivity contribution >= 4 is 28.6 Å². The summed E-state index contributed by atoms with van der Waals surface area (Å²) in [6.07, 6.45) is 16.6. The standard InChI is InChI=1S/C37H46N2O2S/c1-6-33-25(3)32(15-12-24(2)22-28-13-16-30(17-14-28)29-10-8-7-9-11-29)23-34(36(33)41)35-26(4)42-37(38-35)31-18-20-39(21-19-31)27(5)40/h12-17,23,29,31,33H,3,6-11,18-22H2,1-2,4-5H3/b24-12+,32-15-. The number of benzene rings is 1. The van der Waals surface area contributed by atoms with E-state index in [1.54, 1.807) is 18.3 Å². The molecule has 1 aromatic heterocycles. The lowest BCUT2D eigenvalue weighted by molar-refractivity contribution is -0.129. The van der Waals surface area contributed by atoms with Crippen LogP contribution in [0.3, 0.4) is 0 Å². The number of Topliss-reactive ketones (excluding diaryl/α,β-unsaturated/α-hetero) is 1. The molecule has 3 aliphatic rings. The molecule has 4 nitrogen and oxygen atoms in total. The summed E-state index contributed by atoms with van der Waals surface area (Å²) >= 11 is 1.70. The highest BCUT2D eigenvalue weighted by Gasteiger charge is 2.33. The van der Waals surface area contributed by atoms with Crippen molar-refractivity contribution in [3.05, 3.63) is 92.5 Å². The van der Waals surface area contributed by atoms with E-state index in [0.717, 1.165) is 71.4 Å². The zero-order chi connectivity index (χ0) is 29.8. The number of aromatic nitrogens is 1. The number of piperidine rings is 1. The van der Waals surface area contributed by atoms with Crippen LogP contribution in [-0.2, 0) is 16.0 Å². The highest BCUT2D eigenvalue weighted by Crippen LogP contribution is 2.40. The third-order valence-electron chi connectivity index (χ3n) is 9.53. The maximum Gasteiger partial charge on any atom is 0.219 e. The predicted molar refractivity (Wildman–Crippen MR) is 175 cm³/mol. The van der Waals surface area contributed by atoms with Crippen LogP contribution in [0, 0.1) is 12.8 Å². The normalized spacial score (nSPS) is 22.1. The van der Waals surface area contributed by atoms with Gasteiger partial charge in [0.15, 0.2) is 5.78 Å². The van der Waals surface area contributed by atoms with Crippen molar-refractivity contribution in [2.75, 3.05) is 13.1 Å². The van der Waals surface area contributed by atoms with Gasteiger partial charge in [-0.15, -0.1) is 11.3 Å². The molecule has 222 valence electrons. The Morgan fingerprint density at radius 1 is 1.05 bits per heavy atom. The Morgan fingerprint density at radius 2 is 1.74 bits per heavy atom. The number of ketones is 1. The van der Waals surface area contributed by atoms with Crippen LogP contribution in [0.5, 0.6) is 0 Å². The van der Waals surface area contributed by atoms with Crippen molar-refractivity contribution in [2.45, 2.75) is 97.3 Å². The van der Waals surface area contributed by atoms with Crippen molar-refractivity contribution in [3.8, 4) is 0 Å². The van der Waals surface area contributed by atoms with E-state index in [1.165, 1.54) is 48.8 Å². The highest BCUT2D eigenvalue weighted by molar-refractivity contribution is 7.11. The van der Waals surface area contributed by atoms with Crippen molar-refractivity contribution < 1.29 is 9.59 Å². The van der Waals surface area contributed by atoms with Gasteiger partial charge in [-0.05, 0) is 86.6 Å². The summed E-state index contributed by atoms with van der Waals surface area (Å²) in [6.45, 7) is 13.9. The fourth-order valence-electron chi connectivity index (χ4n) is 6.88. The molecule has 5 rings (SSSR count). The maximum atomic E-state index is 13.6. The third-order valence-corrected chi connectivity index (χ3v) is 10.7. The van der Waals surface area contributed by atoms with E-state index < -0.39 is 0 Å². The number of likely N-dealkylation sites (tertiary alicyclic amines) is 1. The molecule has 5 heteroatoms. The Labute approximate surface area is 256 Å². The van der Waals surface area contributed by atoms with Crippen LogP contribution < -0.4 is 0 Å².